The summed E-state index contributed by atoms with van der Waals surface area (Å²) in [4.78, 5) is 16.5. The van der Waals surface area contributed by atoms with Crippen molar-refractivity contribution in [3.63, 3.8) is 0 Å². The number of hydrogen-bond acceptors (Lipinski definition) is 4. The summed E-state index contributed by atoms with van der Waals surface area (Å²) in [5.41, 5.74) is 6.00. The highest BCUT2D eigenvalue weighted by molar-refractivity contribution is 5.82. The van der Waals surface area contributed by atoms with Crippen molar-refractivity contribution in [1.82, 2.24) is 9.80 Å². The number of aliphatic hydroxyl groups excluding tert-OH is 1. The van der Waals surface area contributed by atoms with Gasteiger partial charge in [-0.3, -0.25) is 4.79 Å². The first-order valence-electron chi connectivity index (χ1n) is 7.31. The lowest BCUT2D eigenvalue weighted by atomic mass is 9.99. The summed E-state index contributed by atoms with van der Waals surface area (Å²) in [5, 5.41) is 9.19. The molecule has 0 unspecified atom stereocenters. The van der Waals surface area contributed by atoms with Crippen LogP contribution in [0.3, 0.4) is 0 Å². The van der Waals surface area contributed by atoms with Crippen molar-refractivity contribution in [3.05, 3.63) is 0 Å². The van der Waals surface area contributed by atoms with E-state index in [2.05, 4.69) is 25.8 Å². The smallest absolute Gasteiger partial charge is 0.239 e. The number of piperidine rings is 1. The van der Waals surface area contributed by atoms with Crippen molar-refractivity contribution in [2.24, 2.45) is 11.7 Å². The van der Waals surface area contributed by atoms with Gasteiger partial charge in [0.25, 0.3) is 0 Å². The molecule has 5 nitrogen and oxygen atoms in total. The van der Waals surface area contributed by atoms with Gasteiger partial charge >= 0.3 is 0 Å². The van der Waals surface area contributed by atoms with Gasteiger partial charge in [-0.2, -0.15) is 0 Å². The van der Waals surface area contributed by atoms with Crippen LogP contribution in [-0.2, 0) is 4.79 Å². The molecular weight excluding hydrogens is 242 g/mol. The molecule has 1 atom stereocenters. The summed E-state index contributed by atoms with van der Waals surface area (Å²) in [6.45, 7) is 6.54. The summed E-state index contributed by atoms with van der Waals surface area (Å²) in [6, 6.07) is -0.208. The van der Waals surface area contributed by atoms with Gasteiger partial charge in [0.15, 0.2) is 0 Å². The SMILES string of the molecule is CC(C)C[C@H](N)C(=O)N(CCO)C1CCN(C)CC1. The fourth-order valence-corrected chi connectivity index (χ4v) is 2.71. The minimum atomic E-state index is -0.439. The molecule has 0 aromatic heterocycles. The maximum atomic E-state index is 12.4. The van der Waals surface area contributed by atoms with Crippen LogP contribution in [0.4, 0.5) is 0 Å². The van der Waals surface area contributed by atoms with Gasteiger partial charge in [-0.15, -0.1) is 0 Å². The normalized spacial score (nSPS) is 19.7. The van der Waals surface area contributed by atoms with Crippen LogP contribution in [0.1, 0.15) is 33.1 Å². The summed E-state index contributed by atoms with van der Waals surface area (Å²) >= 11 is 0. The molecule has 5 heteroatoms. The molecule has 0 saturated carbocycles. The van der Waals surface area contributed by atoms with Crippen LogP contribution in [-0.4, -0.2) is 66.2 Å². The number of carbonyl (C=O) groups excluding carboxylic acids is 1. The van der Waals surface area contributed by atoms with Crippen LogP contribution in [0, 0.1) is 5.92 Å². The molecule has 1 aliphatic heterocycles. The summed E-state index contributed by atoms with van der Waals surface area (Å²) < 4.78 is 0. The van der Waals surface area contributed by atoms with Gasteiger partial charge in [-0.25, -0.2) is 0 Å². The molecule has 1 fully saturated rings. The number of amides is 1. The fraction of sp³-hybridized carbons (Fsp3) is 0.929. The molecule has 1 saturated heterocycles. The number of hydrogen-bond donors (Lipinski definition) is 2. The Morgan fingerprint density at radius 3 is 2.47 bits per heavy atom. The van der Waals surface area contributed by atoms with Crippen molar-refractivity contribution in [1.29, 1.82) is 0 Å². The predicted octanol–water partition coefficient (Wildman–Crippen LogP) is 0.275. The largest absolute Gasteiger partial charge is 0.395 e. The van der Waals surface area contributed by atoms with E-state index in [1.54, 1.807) is 4.90 Å². The molecular formula is C14H29N3O2. The third-order valence-electron chi connectivity index (χ3n) is 3.80. The Morgan fingerprint density at radius 1 is 1.42 bits per heavy atom. The Kier molecular flexibility index (Phi) is 6.75. The standard InChI is InChI=1S/C14H29N3O2/c1-11(2)10-13(15)14(19)17(8-9-18)12-4-6-16(3)7-5-12/h11-13,18H,4-10,15H2,1-3H3/t13-/m0/s1. The zero-order valence-electron chi connectivity index (χ0n) is 12.5. The molecule has 0 aliphatic carbocycles. The highest BCUT2D eigenvalue weighted by atomic mass is 16.3. The molecule has 1 aliphatic rings. The molecule has 0 aromatic rings. The van der Waals surface area contributed by atoms with Crippen molar-refractivity contribution in [2.75, 3.05) is 33.3 Å². The van der Waals surface area contributed by atoms with Gasteiger partial charge in [-0.1, -0.05) is 13.8 Å². The van der Waals surface area contributed by atoms with Gasteiger partial charge in [0.1, 0.15) is 0 Å². The molecule has 0 spiro atoms. The first-order chi connectivity index (χ1) is 8.95. The maximum Gasteiger partial charge on any atom is 0.239 e. The number of rotatable bonds is 6. The fourth-order valence-electron chi connectivity index (χ4n) is 2.71. The average Bonchev–Trinajstić information content (AvgIpc) is 2.35. The minimum absolute atomic E-state index is 0.00250. The highest BCUT2D eigenvalue weighted by Crippen LogP contribution is 2.17. The summed E-state index contributed by atoms with van der Waals surface area (Å²) in [7, 11) is 2.10. The first kappa shape index (κ1) is 16.4. The molecule has 19 heavy (non-hydrogen) atoms. The van der Waals surface area contributed by atoms with Crippen LogP contribution in [0.25, 0.3) is 0 Å². The Hall–Kier alpha value is -0.650. The quantitative estimate of drug-likeness (QED) is 0.728. The summed E-state index contributed by atoms with van der Waals surface area (Å²) in [5.74, 6) is 0.407. The van der Waals surface area contributed by atoms with Crippen LogP contribution < -0.4 is 5.73 Å². The third kappa shape index (κ3) is 5.09. The van der Waals surface area contributed by atoms with Crippen molar-refractivity contribution < 1.29 is 9.90 Å². The number of likely N-dealkylation sites (tertiary alicyclic amines) is 1. The third-order valence-corrected chi connectivity index (χ3v) is 3.80. The van der Waals surface area contributed by atoms with Gasteiger partial charge in [0.2, 0.25) is 5.91 Å². The molecule has 1 rings (SSSR count). The zero-order valence-corrected chi connectivity index (χ0v) is 12.5. The van der Waals surface area contributed by atoms with E-state index in [0.29, 0.717) is 18.9 Å². The van der Waals surface area contributed by atoms with E-state index in [1.807, 2.05) is 0 Å². The van der Waals surface area contributed by atoms with Crippen molar-refractivity contribution in [3.8, 4) is 0 Å². The van der Waals surface area contributed by atoms with Gasteiger partial charge in [0, 0.05) is 12.6 Å². The van der Waals surface area contributed by atoms with Gasteiger partial charge < -0.3 is 20.6 Å². The van der Waals surface area contributed by atoms with Gasteiger partial charge in [0.05, 0.1) is 12.6 Å². The maximum absolute atomic E-state index is 12.4. The molecule has 112 valence electrons. The molecule has 0 aromatic carbocycles. The number of carbonyl (C=O) groups is 1. The molecule has 0 bridgehead atoms. The highest BCUT2D eigenvalue weighted by Gasteiger charge is 2.29. The lowest BCUT2D eigenvalue weighted by molar-refractivity contribution is -0.136. The Balaban J connectivity index is 2.62. The Bertz CT molecular complexity index is 276. The zero-order chi connectivity index (χ0) is 14.4. The first-order valence-corrected chi connectivity index (χ1v) is 7.31. The van der Waals surface area contributed by atoms with E-state index < -0.39 is 6.04 Å². The number of nitrogens with two attached hydrogens (primary N) is 1. The Morgan fingerprint density at radius 2 is 2.00 bits per heavy atom. The van der Waals surface area contributed by atoms with Crippen LogP contribution in [0.5, 0.6) is 0 Å². The second-order valence-electron chi connectivity index (χ2n) is 6.03. The van der Waals surface area contributed by atoms with E-state index in [1.165, 1.54) is 0 Å². The molecule has 3 N–H and O–H groups in total. The van der Waals surface area contributed by atoms with E-state index >= 15 is 0 Å². The molecule has 1 amide bonds. The van der Waals surface area contributed by atoms with E-state index in [4.69, 9.17) is 5.73 Å². The van der Waals surface area contributed by atoms with Crippen LogP contribution >= 0.6 is 0 Å². The van der Waals surface area contributed by atoms with Crippen molar-refractivity contribution >= 4 is 5.91 Å². The lowest BCUT2D eigenvalue weighted by Crippen LogP contribution is -2.53. The van der Waals surface area contributed by atoms with Crippen LogP contribution in [0.15, 0.2) is 0 Å². The molecule has 0 radical (unpaired) electrons. The lowest BCUT2D eigenvalue weighted by Gasteiger charge is -2.38. The Labute approximate surface area is 116 Å². The van der Waals surface area contributed by atoms with E-state index in [9.17, 15) is 9.90 Å². The predicted molar refractivity (Wildman–Crippen MR) is 76.7 cm³/mol. The summed E-state index contributed by atoms with van der Waals surface area (Å²) in [6.07, 6.45) is 2.64. The monoisotopic (exact) mass is 271 g/mol. The number of nitrogens with zero attached hydrogens (tertiary/aromatic N) is 2. The van der Waals surface area contributed by atoms with E-state index in [0.717, 1.165) is 25.9 Å². The topological polar surface area (TPSA) is 69.8 Å². The van der Waals surface area contributed by atoms with Crippen molar-refractivity contribution in [2.45, 2.75) is 45.2 Å². The number of aliphatic hydroxyl groups is 1. The second kappa shape index (κ2) is 7.82. The second-order valence-corrected chi connectivity index (χ2v) is 6.03. The van der Waals surface area contributed by atoms with Gasteiger partial charge in [-0.05, 0) is 45.3 Å². The molecule has 1 heterocycles. The minimum Gasteiger partial charge on any atom is -0.395 e. The van der Waals surface area contributed by atoms with E-state index in [-0.39, 0.29) is 18.6 Å². The average molecular weight is 271 g/mol. The van der Waals surface area contributed by atoms with Crippen LogP contribution in [0.2, 0.25) is 0 Å².